The van der Waals surface area contributed by atoms with Crippen LogP contribution in [0, 0.1) is 10.1 Å². The summed E-state index contributed by atoms with van der Waals surface area (Å²) in [5.41, 5.74) is 0.872. The van der Waals surface area contributed by atoms with E-state index in [4.69, 9.17) is 4.74 Å². The molecule has 1 aromatic rings. The van der Waals surface area contributed by atoms with Crippen LogP contribution in [0.3, 0.4) is 0 Å². The largest absolute Gasteiger partial charge is 0.490 e. The molecule has 6 heteroatoms. The Balaban J connectivity index is 2.07. The molecule has 5 nitrogen and oxygen atoms in total. The van der Waals surface area contributed by atoms with Gasteiger partial charge >= 0.3 is 5.69 Å². The predicted octanol–water partition coefficient (Wildman–Crippen LogP) is 4.08. The molecule has 0 amide bonds. The van der Waals surface area contributed by atoms with Gasteiger partial charge in [0.05, 0.1) is 12.0 Å². The van der Waals surface area contributed by atoms with Crippen molar-refractivity contribution in [1.82, 2.24) is 0 Å². The Morgan fingerprint density at radius 1 is 1.38 bits per heavy atom. The first-order chi connectivity index (χ1) is 10.1. The molecule has 0 unspecified atom stereocenters. The normalized spacial score (nSPS) is 17.2. The van der Waals surface area contributed by atoms with E-state index < -0.39 is 4.92 Å². The van der Waals surface area contributed by atoms with Crippen molar-refractivity contribution < 1.29 is 9.66 Å². The summed E-state index contributed by atoms with van der Waals surface area (Å²) in [4.78, 5) is 10.5. The first-order valence-corrected chi connectivity index (χ1v) is 8.44. The van der Waals surface area contributed by atoms with Crippen LogP contribution in [0.5, 0.6) is 5.75 Å². The topological polar surface area (TPSA) is 64.4 Å². The number of methoxy groups -OCH3 is 1. The number of nitro groups is 1. The van der Waals surface area contributed by atoms with E-state index in [1.54, 1.807) is 12.1 Å². The summed E-state index contributed by atoms with van der Waals surface area (Å²) >= 11 is 1.93. The fourth-order valence-corrected chi connectivity index (χ4v) is 3.76. The number of thioether (sulfide) groups is 1. The quantitative estimate of drug-likeness (QED) is 0.633. The van der Waals surface area contributed by atoms with E-state index >= 15 is 0 Å². The van der Waals surface area contributed by atoms with Gasteiger partial charge in [0.15, 0.2) is 5.75 Å². The van der Waals surface area contributed by atoms with Crippen molar-refractivity contribution >= 4 is 23.1 Å². The summed E-state index contributed by atoms with van der Waals surface area (Å²) < 4.78 is 5.39. The van der Waals surface area contributed by atoms with Gasteiger partial charge in [0.25, 0.3) is 0 Å². The number of hydrogen-bond donors (Lipinski definition) is 1. The first-order valence-electron chi connectivity index (χ1n) is 7.22. The highest BCUT2D eigenvalue weighted by Crippen LogP contribution is 2.39. The zero-order valence-electron chi connectivity index (χ0n) is 12.6. The third kappa shape index (κ3) is 3.81. The maximum atomic E-state index is 10.9. The molecule has 2 rings (SSSR count). The fourth-order valence-electron chi connectivity index (χ4n) is 2.85. The molecule has 21 heavy (non-hydrogen) atoms. The SMILES string of the molecule is COc1cc(NCC2(SC)CCCCC2)ccc1[N+](=O)[O-]. The summed E-state index contributed by atoms with van der Waals surface area (Å²) in [7, 11) is 1.45. The Kier molecular flexibility index (Phi) is 5.33. The molecule has 0 saturated heterocycles. The van der Waals surface area contributed by atoms with Crippen molar-refractivity contribution in [2.24, 2.45) is 0 Å². The number of nitrogens with one attached hydrogen (secondary N) is 1. The lowest BCUT2D eigenvalue weighted by Crippen LogP contribution is -2.35. The smallest absolute Gasteiger partial charge is 0.311 e. The molecular weight excluding hydrogens is 288 g/mol. The summed E-state index contributed by atoms with van der Waals surface area (Å²) in [5, 5.41) is 14.3. The second-order valence-corrected chi connectivity index (χ2v) is 6.72. The van der Waals surface area contributed by atoms with E-state index in [1.807, 2.05) is 11.8 Å². The van der Waals surface area contributed by atoms with E-state index in [-0.39, 0.29) is 10.4 Å². The van der Waals surface area contributed by atoms with Crippen LogP contribution in [-0.2, 0) is 0 Å². The molecule has 1 aromatic carbocycles. The van der Waals surface area contributed by atoms with Gasteiger partial charge in [-0.3, -0.25) is 10.1 Å². The van der Waals surface area contributed by atoms with Gasteiger partial charge in [-0.05, 0) is 25.2 Å². The standard InChI is InChI=1S/C15H22N2O3S/c1-20-14-10-12(6-7-13(14)17(18)19)16-11-15(21-2)8-4-3-5-9-15/h6-7,10,16H,3-5,8-9,11H2,1-2H3. The van der Waals surface area contributed by atoms with Gasteiger partial charge < -0.3 is 10.1 Å². The molecule has 1 fully saturated rings. The van der Waals surface area contributed by atoms with Gasteiger partial charge in [-0.15, -0.1) is 0 Å². The van der Waals surface area contributed by atoms with Gasteiger partial charge in [0.2, 0.25) is 0 Å². The number of nitrogens with zero attached hydrogens (tertiary/aromatic N) is 1. The highest BCUT2D eigenvalue weighted by atomic mass is 32.2. The molecule has 0 atom stereocenters. The Bertz CT molecular complexity index is 502. The second kappa shape index (κ2) is 7.02. The first kappa shape index (κ1) is 15.9. The van der Waals surface area contributed by atoms with Crippen LogP contribution >= 0.6 is 11.8 Å². The summed E-state index contributed by atoms with van der Waals surface area (Å²) in [6.45, 7) is 0.884. The number of anilines is 1. The van der Waals surface area contributed by atoms with Crippen LogP contribution in [-0.4, -0.2) is 29.6 Å². The number of rotatable bonds is 6. The van der Waals surface area contributed by atoms with Crippen LogP contribution in [0.15, 0.2) is 18.2 Å². The summed E-state index contributed by atoms with van der Waals surface area (Å²) in [6, 6.07) is 4.94. The number of nitro benzene ring substituents is 1. The maximum Gasteiger partial charge on any atom is 0.311 e. The zero-order chi connectivity index (χ0) is 15.3. The molecule has 0 spiro atoms. The Labute approximate surface area is 129 Å². The van der Waals surface area contributed by atoms with Gasteiger partial charge in [0.1, 0.15) is 0 Å². The molecule has 116 valence electrons. The van der Waals surface area contributed by atoms with Crippen molar-refractivity contribution in [3.63, 3.8) is 0 Å². The van der Waals surface area contributed by atoms with Crippen molar-refractivity contribution in [1.29, 1.82) is 0 Å². The summed E-state index contributed by atoms with van der Waals surface area (Å²) in [5.74, 6) is 0.298. The minimum atomic E-state index is -0.423. The molecule has 1 aliphatic carbocycles. The van der Waals surface area contributed by atoms with E-state index in [2.05, 4.69) is 11.6 Å². The zero-order valence-corrected chi connectivity index (χ0v) is 13.4. The minimum Gasteiger partial charge on any atom is -0.490 e. The molecular formula is C15H22N2O3S. The van der Waals surface area contributed by atoms with E-state index in [0.717, 1.165) is 12.2 Å². The highest BCUT2D eigenvalue weighted by Gasteiger charge is 2.30. The average Bonchev–Trinajstić information content (AvgIpc) is 2.53. The molecule has 1 aliphatic rings. The van der Waals surface area contributed by atoms with Crippen LogP contribution in [0.1, 0.15) is 32.1 Å². The van der Waals surface area contributed by atoms with Crippen molar-refractivity contribution in [3.8, 4) is 5.75 Å². The average molecular weight is 310 g/mol. The highest BCUT2D eigenvalue weighted by molar-refractivity contribution is 8.00. The molecule has 0 bridgehead atoms. The number of ether oxygens (including phenoxy) is 1. The predicted molar refractivity (Wildman–Crippen MR) is 87.5 cm³/mol. The van der Waals surface area contributed by atoms with Crippen LogP contribution in [0.25, 0.3) is 0 Å². The Hall–Kier alpha value is -1.43. The van der Waals surface area contributed by atoms with Gasteiger partial charge in [-0.1, -0.05) is 19.3 Å². The van der Waals surface area contributed by atoms with E-state index in [1.165, 1.54) is 45.3 Å². The molecule has 0 aromatic heterocycles. The minimum absolute atomic E-state index is 0.000274. The van der Waals surface area contributed by atoms with Crippen LogP contribution < -0.4 is 10.1 Å². The van der Waals surface area contributed by atoms with Crippen molar-refractivity contribution in [3.05, 3.63) is 28.3 Å². The maximum absolute atomic E-state index is 10.9. The third-order valence-electron chi connectivity index (χ3n) is 4.19. The second-order valence-electron chi connectivity index (χ2n) is 5.45. The lowest BCUT2D eigenvalue weighted by atomic mass is 9.88. The van der Waals surface area contributed by atoms with Gasteiger partial charge in [0, 0.05) is 29.1 Å². The van der Waals surface area contributed by atoms with Crippen molar-refractivity contribution in [2.45, 2.75) is 36.9 Å². The lowest BCUT2D eigenvalue weighted by molar-refractivity contribution is -0.385. The molecule has 1 saturated carbocycles. The summed E-state index contributed by atoms with van der Waals surface area (Å²) in [6.07, 6.45) is 8.52. The van der Waals surface area contributed by atoms with E-state index in [0.29, 0.717) is 5.75 Å². The molecule has 0 aliphatic heterocycles. The third-order valence-corrected chi connectivity index (χ3v) is 5.61. The molecule has 0 radical (unpaired) electrons. The fraction of sp³-hybridized carbons (Fsp3) is 0.600. The Morgan fingerprint density at radius 3 is 2.67 bits per heavy atom. The Morgan fingerprint density at radius 2 is 2.10 bits per heavy atom. The monoisotopic (exact) mass is 310 g/mol. The molecule has 0 heterocycles. The van der Waals surface area contributed by atoms with Gasteiger partial charge in [-0.2, -0.15) is 11.8 Å². The number of benzene rings is 1. The van der Waals surface area contributed by atoms with Crippen LogP contribution in [0.4, 0.5) is 11.4 Å². The lowest BCUT2D eigenvalue weighted by Gasteiger charge is -2.36. The van der Waals surface area contributed by atoms with E-state index in [9.17, 15) is 10.1 Å². The van der Waals surface area contributed by atoms with Crippen molar-refractivity contribution in [2.75, 3.05) is 25.2 Å². The van der Waals surface area contributed by atoms with Crippen LogP contribution in [0.2, 0.25) is 0 Å². The molecule has 1 N–H and O–H groups in total. The number of hydrogen-bond acceptors (Lipinski definition) is 5. The van der Waals surface area contributed by atoms with Gasteiger partial charge in [-0.25, -0.2) is 0 Å².